The number of aliphatic imine (C=N–C) groups is 1. The third-order valence-electron chi connectivity index (χ3n) is 5.48. The normalized spacial score (nSPS) is 14.6. The van der Waals surface area contributed by atoms with Gasteiger partial charge in [-0.05, 0) is 36.6 Å². The van der Waals surface area contributed by atoms with Crippen molar-refractivity contribution in [2.75, 3.05) is 7.05 Å². The second-order valence-corrected chi connectivity index (χ2v) is 7.91. The van der Waals surface area contributed by atoms with E-state index in [0.717, 1.165) is 25.0 Å². The molecule has 0 amide bonds. The average molecular weight is 498 g/mol. The quantitative estimate of drug-likeness (QED) is 0.335. The molecule has 4 rings (SSSR count). The first kappa shape index (κ1) is 24.7. The third kappa shape index (κ3) is 5.01. The van der Waals surface area contributed by atoms with Gasteiger partial charge in [0.15, 0.2) is 0 Å². The molecule has 1 heterocycles. The SMILES string of the molecule is [C-]#[N+]c1c(OC2CC2)cc(OC(F)(F)F)cc1C(=NC)/C(=C\N)c1ccc2c(=O)[nH]nc(CN)c2c1. The van der Waals surface area contributed by atoms with Gasteiger partial charge in [0, 0.05) is 42.4 Å². The summed E-state index contributed by atoms with van der Waals surface area (Å²) in [6, 6.07) is 6.92. The van der Waals surface area contributed by atoms with Crippen LogP contribution in [0, 0.1) is 6.57 Å². The number of rotatable bonds is 7. The number of ether oxygens (including phenoxy) is 2. The lowest BCUT2D eigenvalue weighted by atomic mass is 9.93. The number of nitrogens with one attached hydrogen (secondary N) is 1. The number of benzene rings is 2. The van der Waals surface area contributed by atoms with Crippen LogP contribution in [0.2, 0.25) is 0 Å². The van der Waals surface area contributed by atoms with E-state index in [0.29, 0.717) is 27.6 Å². The number of H-pyrrole nitrogens is 1. The van der Waals surface area contributed by atoms with E-state index in [-0.39, 0.29) is 35.4 Å². The molecule has 5 N–H and O–H groups in total. The Hall–Kier alpha value is -4.37. The molecular weight excluding hydrogens is 477 g/mol. The summed E-state index contributed by atoms with van der Waals surface area (Å²) in [5.74, 6) is -0.598. The third-order valence-corrected chi connectivity index (χ3v) is 5.48. The van der Waals surface area contributed by atoms with Gasteiger partial charge in [0.1, 0.15) is 11.5 Å². The predicted molar refractivity (Wildman–Crippen MR) is 128 cm³/mol. The van der Waals surface area contributed by atoms with E-state index < -0.39 is 17.7 Å². The standard InChI is InChI=1S/C24H21F3N6O3/c1-30-21(18(10-28)12-3-6-15-16(7-12)19(11-29)32-33-23(15)34)17-8-14(36-24(25,26)27)9-20(22(17)31-2)35-13-4-5-13/h3,6-10,13H,4-5,11,28-29H2,1H3,(H,33,34)/b18-10-,30-21?. The Morgan fingerprint density at radius 1 is 1.31 bits per heavy atom. The van der Waals surface area contributed by atoms with E-state index >= 15 is 0 Å². The van der Waals surface area contributed by atoms with Crippen molar-refractivity contribution < 1.29 is 22.6 Å². The minimum absolute atomic E-state index is 0.0297. The molecule has 0 atom stereocenters. The summed E-state index contributed by atoms with van der Waals surface area (Å²) in [6.07, 6.45) is -2.47. The number of fused-ring (bicyclic) bond motifs is 1. The molecule has 1 aromatic heterocycles. The first-order chi connectivity index (χ1) is 17.2. The molecule has 0 saturated heterocycles. The van der Waals surface area contributed by atoms with Gasteiger partial charge in [0.2, 0.25) is 5.69 Å². The summed E-state index contributed by atoms with van der Waals surface area (Å²) in [5, 5.41) is 7.18. The van der Waals surface area contributed by atoms with Crippen molar-refractivity contribution in [1.29, 1.82) is 0 Å². The van der Waals surface area contributed by atoms with Crippen molar-refractivity contribution in [3.8, 4) is 11.5 Å². The molecule has 1 fully saturated rings. The zero-order chi connectivity index (χ0) is 26.0. The highest BCUT2D eigenvalue weighted by atomic mass is 19.4. The molecule has 36 heavy (non-hydrogen) atoms. The lowest BCUT2D eigenvalue weighted by molar-refractivity contribution is -0.274. The Morgan fingerprint density at radius 2 is 2.06 bits per heavy atom. The molecule has 0 bridgehead atoms. The van der Waals surface area contributed by atoms with Crippen molar-refractivity contribution >= 4 is 27.7 Å². The number of hydrogen-bond acceptors (Lipinski definition) is 7. The first-order valence-electron chi connectivity index (χ1n) is 10.8. The van der Waals surface area contributed by atoms with Gasteiger partial charge in [-0.3, -0.25) is 9.79 Å². The lowest BCUT2D eigenvalue weighted by Crippen LogP contribution is -2.18. The number of nitrogens with zero attached hydrogens (tertiary/aromatic N) is 3. The van der Waals surface area contributed by atoms with Crippen molar-refractivity contribution in [2.24, 2.45) is 16.5 Å². The van der Waals surface area contributed by atoms with E-state index in [2.05, 4.69) is 24.8 Å². The van der Waals surface area contributed by atoms with Crippen molar-refractivity contribution in [1.82, 2.24) is 10.2 Å². The minimum Gasteiger partial charge on any atom is -0.501 e. The van der Waals surface area contributed by atoms with Crippen LogP contribution in [0.25, 0.3) is 21.2 Å². The van der Waals surface area contributed by atoms with Gasteiger partial charge < -0.3 is 20.9 Å². The minimum atomic E-state index is -4.96. The van der Waals surface area contributed by atoms with Gasteiger partial charge in [-0.2, -0.15) is 5.10 Å². The van der Waals surface area contributed by atoms with Crippen LogP contribution < -0.4 is 26.5 Å². The molecule has 12 heteroatoms. The number of alkyl halides is 3. The fraction of sp³-hybridized carbons (Fsp3) is 0.250. The van der Waals surface area contributed by atoms with E-state index in [1.165, 1.54) is 13.2 Å². The van der Waals surface area contributed by atoms with Gasteiger partial charge in [0.05, 0.1) is 29.5 Å². The van der Waals surface area contributed by atoms with Crippen LogP contribution in [0.15, 0.2) is 46.3 Å². The summed E-state index contributed by atoms with van der Waals surface area (Å²) in [7, 11) is 1.42. The van der Waals surface area contributed by atoms with Crippen LogP contribution in [0.4, 0.5) is 18.9 Å². The highest BCUT2D eigenvalue weighted by molar-refractivity contribution is 6.34. The Labute approximate surface area is 203 Å². The Morgan fingerprint density at radius 3 is 2.64 bits per heavy atom. The molecule has 0 unspecified atom stereocenters. The topological polar surface area (TPSA) is 133 Å². The van der Waals surface area contributed by atoms with Gasteiger partial charge in [-0.1, -0.05) is 6.07 Å². The van der Waals surface area contributed by atoms with Crippen LogP contribution in [-0.2, 0) is 6.54 Å². The van der Waals surface area contributed by atoms with Gasteiger partial charge >= 0.3 is 6.36 Å². The van der Waals surface area contributed by atoms with Crippen LogP contribution in [0.3, 0.4) is 0 Å². The molecule has 1 saturated carbocycles. The zero-order valence-corrected chi connectivity index (χ0v) is 19.0. The smallest absolute Gasteiger partial charge is 0.501 e. The number of halogens is 3. The number of aromatic nitrogens is 2. The van der Waals surface area contributed by atoms with E-state index in [4.69, 9.17) is 22.8 Å². The Balaban J connectivity index is 1.89. The second-order valence-electron chi connectivity index (χ2n) is 7.91. The summed E-state index contributed by atoms with van der Waals surface area (Å²) >= 11 is 0. The molecule has 1 aliphatic rings. The summed E-state index contributed by atoms with van der Waals surface area (Å²) in [4.78, 5) is 20.0. The van der Waals surface area contributed by atoms with Crippen molar-refractivity contribution in [3.63, 3.8) is 0 Å². The Bertz CT molecular complexity index is 1480. The maximum atomic E-state index is 13.1. The largest absolute Gasteiger partial charge is 0.573 e. The molecular formula is C24H21F3N6O3. The molecule has 3 aromatic rings. The number of allylic oxidation sites excluding steroid dienone is 1. The molecule has 186 valence electrons. The van der Waals surface area contributed by atoms with Crippen LogP contribution in [0.1, 0.15) is 29.7 Å². The number of aromatic amines is 1. The van der Waals surface area contributed by atoms with E-state index in [1.807, 2.05) is 0 Å². The fourth-order valence-corrected chi connectivity index (χ4v) is 3.77. The molecule has 0 radical (unpaired) electrons. The van der Waals surface area contributed by atoms with Crippen LogP contribution >= 0.6 is 0 Å². The lowest BCUT2D eigenvalue weighted by Gasteiger charge is -2.18. The fourth-order valence-electron chi connectivity index (χ4n) is 3.77. The van der Waals surface area contributed by atoms with Gasteiger partial charge in [-0.15, -0.1) is 13.2 Å². The maximum Gasteiger partial charge on any atom is 0.573 e. The molecule has 2 aromatic carbocycles. The second kappa shape index (κ2) is 9.71. The molecule has 0 spiro atoms. The predicted octanol–water partition coefficient (Wildman–Crippen LogP) is 3.79. The molecule has 1 aliphatic carbocycles. The summed E-state index contributed by atoms with van der Waals surface area (Å²) in [5.41, 5.74) is 12.7. The number of nitrogens with two attached hydrogens (primary N) is 2. The van der Waals surface area contributed by atoms with E-state index in [1.54, 1.807) is 18.2 Å². The monoisotopic (exact) mass is 498 g/mol. The van der Waals surface area contributed by atoms with Gasteiger partial charge in [-0.25, -0.2) is 9.94 Å². The van der Waals surface area contributed by atoms with Crippen molar-refractivity contribution in [2.45, 2.75) is 31.9 Å². The summed E-state index contributed by atoms with van der Waals surface area (Å²) < 4.78 is 49.1. The van der Waals surface area contributed by atoms with E-state index in [9.17, 15) is 18.0 Å². The highest BCUT2D eigenvalue weighted by Gasteiger charge is 2.33. The maximum absolute atomic E-state index is 13.1. The number of hydrogen-bond donors (Lipinski definition) is 3. The van der Waals surface area contributed by atoms with Crippen LogP contribution in [0.5, 0.6) is 11.5 Å². The average Bonchev–Trinajstić information content (AvgIpc) is 3.65. The highest BCUT2D eigenvalue weighted by Crippen LogP contribution is 2.42. The van der Waals surface area contributed by atoms with Crippen molar-refractivity contribution in [3.05, 3.63) is 75.1 Å². The zero-order valence-electron chi connectivity index (χ0n) is 19.0. The Kier molecular flexibility index (Phi) is 6.67. The van der Waals surface area contributed by atoms with Gasteiger partial charge in [0.25, 0.3) is 5.56 Å². The first-order valence-corrected chi connectivity index (χ1v) is 10.8. The molecule has 9 nitrogen and oxygen atoms in total. The van der Waals surface area contributed by atoms with Crippen LogP contribution in [-0.4, -0.2) is 35.4 Å². The molecule has 0 aliphatic heterocycles. The summed E-state index contributed by atoms with van der Waals surface area (Å²) in [6.45, 7) is 7.76.